The minimum absolute atomic E-state index is 0.0824. The summed E-state index contributed by atoms with van der Waals surface area (Å²) in [5.74, 6) is 2.28. The Kier molecular flexibility index (Phi) is 4.46. The van der Waals surface area contributed by atoms with Gasteiger partial charge >= 0.3 is 0 Å². The molecule has 0 saturated carbocycles. The van der Waals surface area contributed by atoms with Crippen LogP contribution in [-0.2, 0) is 18.0 Å². The molecule has 0 radical (unpaired) electrons. The first-order chi connectivity index (χ1) is 12.5. The molecule has 0 saturated heterocycles. The molecule has 0 bridgehead atoms. The molecule has 0 aromatic heterocycles. The number of benzene rings is 2. The van der Waals surface area contributed by atoms with Gasteiger partial charge in [-0.25, -0.2) is 0 Å². The van der Waals surface area contributed by atoms with Gasteiger partial charge in [0.15, 0.2) is 12.6 Å². The minimum atomic E-state index is -0.0824. The van der Waals surface area contributed by atoms with Crippen LogP contribution in [0.2, 0.25) is 0 Å². The van der Waals surface area contributed by atoms with Crippen molar-refractivity contribution in [3.8, 4) is 17.2 Å². The zero-order chi connectivity index (χ0) is 18.3. The van der Waals surface area contributed by atoms with Gasteiger partial charge in [-0.2, -0.15) is 0 Å². The second-order valence-corrected chi connectivity index (χ2v) is 7.29. The van der Waals surface area contributed by atoms with Crippen molar-refractivity contribution in [2.24, 2.45) is 0 Å². The number of hydrogen-bond acceptors (Lipinski definition) is 5. The third kappa shape index (κ3) is 3.10. The Morgan fingerprint density at radius 3 is 2.88 bits per heavy atom. The molecule has 26 heavy (non-hydrogen) atoms. The molecule has 2 aromatic rings. The lowest BCUT2D eigenvalue weighted by atomic mass is 10.1. The van der Waals surface area contributed by atoms with Gasteiger partial charge in [0.2, 0.25) is 5.78 Å². The lowest BCUT2D eigenvalue weighted by Crippen LogP contribution is -2.14. The van der Waals surface area contributed by atoms with Crippen molar-refractivity contribution in [1.82, 2.24) is 0 Å². The summed E-state index contributed by atoms with van der Waals surface area (Å²) in [6.07, 6.45) is 0. The third-order valence-electron chi connectivity index (χ3n) is 4.22. The topological polar surface area (TPSA) is 54.0 Å². The van der Waals surface area contributed by atoms with Crippen LogP contribution in [-0.4, -0.2) is 12.6 Å². The van der Waals surface area contributed by atoms with Crippen LogP contribution in [0.4, 0.5) is 0 Å². The van der Waals surface area contributed by atoms with Crippen LogP contribution in [0.3, 0.4) is 0 Å². The van der Waals surface area contributed by atoms with Gasteiger partial charge in [-0.3, -0.25) is 4.79 Å². The lowest BCUT2D eigenvalue weighted by molar-refractivity contribution is -0.0176. The van der Waals surface area contributed by atoms with Gasteiger partial charge in [-0.15, -0.1) is 0 Å². The summed E-state index contributed by atoms with van der Waals surface area (Å²) >= 11 is 3.51. The fourth-order valence-electron chi connectivity index (χ4n) is 3.00. The number of allylic oxidation sites excluding steroid dienone is 2. The SMILES string of the molecule is CC(C)=C1Oc2cc(OCc3cc(Br)cc4c3OCOC4)ccc2C1=O. The Morgan fingerprint density at radius 1 is 1.23 bits per heavy atom. The van der Waals surface area contributed by atoms with E-state index in [-0.39, 0.29) is 12.6 Å². The maximum atomic E-state index is 12.3. The lowest BCUT2D eigenvalue weighted by Gasteiger charge is -2.21. The van der Waals surface area contributed by atoms with Crippen molar-refractivity contribution in [2.75, 3.05) is 6.79 Å². The molecule has 2 aromatic carbocycles. The number of carbonyl (C=O) groups is 1. The van der Waals surface area contributed by atoms with E-state index in [2.05, 4.69) is 15.9 Å². The molecule has 0 spiro atoms. The van der Waals surface area contributed by atoms with Gasteiger partial charge in [0.05, 0.1) is 12.2 Å². The monoisotopic (exact) mass is 416 g/mol. The number of rotatable bonds is 3. The highest BCUT2D eigenvalue weighted by Crippen LogP contribution is 2.36. The highest BCUT2D eigenvalue weighted by molar-refractivity contribution is 9.10. The first kappa shape index (κ1) is 17.1. The predicted octanol–water partition coefficient (Wildman–Crippen LogP) is 4.76. The van der Waals surface area contributed by atoms with Crippen molar-refractivity contribution in [2.45, 2.75) is 27.1 Å². The van der Waals surface area contributed by atoms with Crippen LogP contribution in [0.5, 0.6) is 17.2 Å². The van der Waals surface area contributed by atoms with Crippen LogP contribution < -0.4 is 14.2 Å². The van der Waals surface area contributed by atoms with E-state index in [1.165, 1.54) is 0 Å². The third-order valence-corrected chi connectivity index (χ3v) is 4.67. The van der Waals surface area contributed by atoms with Gasteiger partial charge in [-0.05, 0) is 43.7 Å². The van der Waals surface area contributed by atoms with E-state index in [1.54, 1.807) is 18.2 Å². The van der Waals surface area contributed by atoms with Gasteiger partial charge in [0.25, 0.3) is 0 Å². The Morgan fingerprint density at radius 2 is 2.08 bits per heavy atom. The number of fused-ring (bicyclic) bond motifs is 2. The van der Waals surface area contributed by atoms with Gasteiger partial charge < -0.3 is 18.9 Å². The van der Waals surface area contributed by atoms with Gasteiger partial charge in [-0.1, -0.05) is 15.9 Å². The van der Waals surface area contributed by atoms with Gasteiger partial charge in [0, 0.05) is 21.7 Å². The molecule has 0 aliphatic carbocycles. The second kappa shape index (κ2) is 6.78. The average molecular weight is 417 g/mol. The molecule has 0 amide bonds. The Hall–Kier alpha value is -2.31. The Bertz CT molecular complexity index is 928. The molecule has 0 N–H and O–H groups in total. The van der Waals surface area contributed by atoms with Crippen molar-refractivity contribution in [1.29, 1.82) is 0 Å². The molecular weight excluding hydrogens is 400 g/mol. The number of halogens is 1. The van der Waals surface area contributed by atoms with E-state index < -0.39 is 0 Å². The van der Waals surface area contributed by atoms with E-state index >= 15 is 0 Å². The smallest absolute Gasteiger partial charge is 0.231 e. The van der Waals surface area contributed by atoms with E-state index in [0.717, 1.165) is 26.9 Å². The maximum Gasteiger partial charge on any atom is 0.231 e. The highest BCUT2D eigenvalue weighted by Gasteiger charge is 2.28. The maximum absolute atomic E-state index is 12.3. The molecule has 2 aliphatic rings. The van der Waals surface area contributed by atoms with Crippen molar-refractivity contribution in [3.05, 3.63) is 62.8 Å². The number of carbonyl (C=O) groups excluding carboxylic acids is 1. The van der Waals surface area contributed by atoms with Gasteiger partial charge in [0.1, 0.15) is 23.9 Å². The minimum Gasteiger partial charge on any atom is -0.489 e. The molecule has 134 valence electrons. The number of ether oxygens (including phenoxy) is 4. The Labute approximate surface area is 159 Å². The largest absolute Gasteiger partial charge is 0.489 e. The molecular formula is C20H17BrO5. The zero-order valence-corrected chi connectivity index (χ0v) is 16.0. The van der Waals surface area contributed by atoms with E-state index in [0.29, 0.717) is 36.0 Å². The van der Waals surface area contributed by atoms with Crippen LogP contribution in [0.15, 0.2) is 46.1 Å². The van der Waals surface area contributed by atoms with Crippen LogP contribution >= 0.6 is 15.9 Å². The quantitative estimate of drug-likeness (QED) is 0.674. The second-order valence-electron chi connectivity index (χ2n) is 6.37. The zero-order valence-electron chi connectivity index (χ0n) is 14.4. The van der Waals surface area contributed by atoms with Crippen molar-refractivity contribution in [3.63, 3.8) is 0 Å². The first-order valence-corrected chi connectivity index (χ1v) is 9.01. The highest BCUT2D eigenvalue weighted by atomic mass is 79.9. The summed E-state index contributed by atoms with van der Waals surface area (Å²) in [7, 11) is 0. The molecule has 2 aliphatic heterocycles. The summed E-state index contributed by atoms with van der Waals surface area (Å²) in [5, 5.41) is 0. The standard InChI is InChI=1S/C20H17BrO5/c1-11(2)19-18(22)16-4-3-15(7-17(16)26-19)24-9-13-6-14(21)5-12-8-23-10-25-20(12)13/h3-7H,8-10H2,1-2H3. The fraction of sp³-hybridized carbons (Fsp3) is 0.250. The fourth-order valence-corrected chi connectivity index (χ4v) is 3.55. The van der Waals surface area contributed by atoms with E-state index in [4.69, 9.17) is 18.9 Å². The number of hydrogen-bond donors (Lipinski definition) is 0. The predicted molar refractivity (Wildman–Crippen MR) is 98.5 cm³/mol. The molecule has 6 heteroatoms. The molecule has 0 atom stereocenters. The number of ketones is 1. The Balaban J connectivity index is 1.56. The van der Waals surface area contributed by atoms with E-state index in [9.17, 15) is 4.79 Å². The first-order valence-electron chi connectivity index (χ1n) is 8.21. The average Bonchev–Trinajstić information content (AvgIpc) is 2.96. The van der Waals surface area contributed by atoms with Crippen LogP contribution in [0.25, 0.3) is 0 Å². The molecule has 4 rings (SSSR count). The van der Waals surface area contributed by atoms with Crippen LogP contribution in [0, 0.1) is 0 Å². The number of Topliss-reactive ketones (excluding diaryl/α,β-unsaturated/α-hetero) is 1. The van der Waals surface area contributed by atoms with Crippen molar-refractivity contribution < 1.29 is 23.7 Å². The summed E-state index contributed by atoms with van der Waals surface area (Å²) in [5.41, 5.74) is 3.34. The summed E-state index contributed by atoms with van der Waals surface area (Å²) in [4.78, 5) is 12.3. The summed E-state index contributed by atoms with van der Waals surface area (Å²) in [6.45, 7) is 4.81. The summed E-state index contributed by atoms with van der Waals surface area (Å²) < 4.78 is 23.5. The molecule has 0 unspecified atom stereocenters. The summed E-state index contributed by atoms with van der Waals surface area (Å²) in [6, 6.07) is 9.22. The normalized spacial score (nSPS) is 15.0. The molecule has 0 fully saturated rings. The van der Waals surface area contributed by atoms with Crippen LogP contribution in [0.1, 0.15) is 35.3 Å². The molecule has 5 nitrogen and oxygen atoms in total. The molecule has 2 heterocycles. The van der Waals surface area contributed by atoms with E-state index in [1.807, 2.05) is 26.0 Å². The van der Waals surface area contributed by atoms with Crippen molar-refractivity contribution >= 4 is 21.7 Å².